The van der Waals surface area contributed by atoms with Gasteiger partial charge in [-0.15, -0.1) is 0 Å². The third-order valence-electron chi connectivity index (χ3n) is 2.97. The van der Waals surface area contributed by atoms with Gasteiger partial charge in [-0.3, -0.25) is 4.57 Å². The number of aryl methyl sites for hydroxylation is 1. The van der Waals surface area contributed by atoms with Gasteiger partial charge in [-0.1, -0.05) is 18.2 Å². The molecule has 0 saturated heterocycles. The van der Waals surface area contributed by atoms with E-state index in [1.807, 2.05) is 44.2 Å². The van der Waals surface area contributed by atoms with Crippen molar-refractivity contribution >= 4 is 21.6 Å². The Bertz CT molecular complexity index is 623. The summed E-state index contributed by atoms with van der Waals surface area (Å²) in [5.41, 5.74) is 2.49. The normalized spacial score (nSPS) is 10.5. The zero-order valence-electron chi connectivity index (χ0n) is 11.0. The SMILES string of the molecule is Cc1nc(=O)n(CCNc2ccccc2)c(C)c1Br. The molecule has 0 bridgehead atoms. The Hall–Kier alpha value is -1.62. The minimum Gasteiger partial charge on any atom is -0.383 e. The fourth-order valence-electron chi connectivity index (χ4n) is 1.91. The van der Waals surface area contributed by atoms with Crippen LogP contribution in [0.2, 0.25) is 0 Å². The van der Waals surface area contributed by atoms with Crippen molar-refractivity contribution in [2.75, 3.05) is 11.9 Å². The second-order valence-corrected chi connectivity index (χ2v) is 5.12. The maximum atomic E-state index is 11.9. The number of aromatic nitrogens is 2. The lowest BCUT2D eigenvalue weighted by molar-refractivity contribution is 0.643. The zero-order chi connectivity index (χ0) is 13.8. The second kappa shape index (κ2) is 6.02. The molecule has 1 heterocycles. The van der Waals surface area contributed by atoms with Crippen molar-refractivity contribution in [3.05, 3.63) is 56.7 Å². The van der Waals surface area contributed by atoms with E-state index in [1.54, 1.807) is 4.57 Å². The second-order valence-electron chi connectivity index (χ2n) is 4.32. The molecule has 4 nitrogen and oxygen atoms in total. The van der Waals surface area contributed by atoms with Crippen LogP contribution in [-0.2, 0) is 6.54 Å². The molecule has 0 amide bonds. The lowest BCUT2D eigenvalue weighted by Gasteiger charge is -2.13. The molecular weight excluding hydrogens is 306 g/mol. The molecule has 1 aromatic carbocycles. The summed E-state index contributed by atoms with van der Waals surface area (Å²) in [6.45, 7) is 5.01. The van der Waals surface area contributed by atoms with Crippen LogP contribution in [0.5, 0.6) is 0 Å². The van der Waals surface area contributed by atoms with E-state index in [1.165, 1.54) is 0 Å². The monoisotopic (exact) mass is 321 g/mol. The van der Waals surface area contributed by atoms with Crippen LogP contribution in [0.3, 0.4) is 0 Å². The number of benzene rings is 1. The molecule has 19 heavy (non-hydrogen) atoms. The molecule has 2 aromatic rings. The van der Waals surface area contributed by atoms with Crippen LogP contribution in [0.15, 0.2) is 39.6 Å². The van der Waals surface area contributed by atoms with Crippen LogP contribution in [0.25, 0.3) is 0 Å². The van der Waals surface area contributed by atoms with Crippen molar-refractivity contribution in [2.45, 2.75) is 20.4 Å². The van der Waals surface area contributed by atoms with Crippen molar-refractivity contribution in [3.63, 3.8) is 0 Å². The molecule has 1 aromatic heterocycles. The zero-order valence-corrected chi connectivity index (χ0v) is 12.6. The van der Waals surface area contributed by atoms with E-state index >= 15 is 0 Å². The summed E-state index contributed by atoms with van der Waals surface area (Å²) in [6.07, 6.45) is 0. The molecule has 0 saturated carbocycles. The predicted octanol–water partition coefficient (Wildman–Crippen LogP) is 2.73. The van der Waals surface area contributed by atoms with E-state index in [4.69, 9.17) is 0 Å². The Morgan fingerprint density at radius 3 is 2.63 bits per heavy atom. The molecule has 100 valence electrons. The summed E-state index contributed by atoms with van der Waals surface area (Å²) >= 11 is 3.46. The van der Waals surface area contributed by atoms with Crippen molar-refractivity contribution in [2.24, 2.45) is 0 Å². The number of hydrogen-bond donors (Lipinski definition) is 1. The number of nitrogens with zero attached hydrogens (tertiary/aromatic N) is 2. The molecule has 0 aliphatic heterocycles. The highest BCUT2D eigenvalue weighted by Crippen LogP contribution is 2.16. The van der Waals surface area contributed by atoms with E-state index in [-0.39, 0.29) is 5.69 Å². The summed E-state index contributed by atoms with van der Waals surface area (Å²) < 4.78 is 2.57. The van der Waals surface area contributed by atoms with Crippen LogP contribution in [0.4, 0.5) is 5.69 Å². The highest BCUT2D eigenvalue weighted by molar-refractivity contribution is 9.10. The minimum absolute atomic E-state index is 0.201. The van der Waals surface area contributed by atoms with Crippen LogP contribution in [-0.4, -0.2) is 16.1 Å². The molecular formula is C14H16BrN3O. The molecule has 0 spiro atoms. The van der Waals surface area contributed by atoms with Crippen LogP contribution in [0.1, 0.15) is 11.4 Å². The van der Waals surface area contributed by atoms with Gasteiger partial charge in [0.2, 0.25) is 0 Å². The quantitative estimate of drug-likeness (QED) is 0.941. The Morgan fingerprint density at radius 2 is 1.95 bits per heavy atom. The number of nitrogens with one attached hydrogen (secondary N) is 1. The topological polar surface area (TPSA) is 46.9 Å². The Morgan fingerprint density at radius 1 is 1.26 bits per heavy atom. The van der Waals surface area contributed by atoms with E-state index in [9.17, 15) is 4.79 Å². The van der Waals surface area contributed by atoms with Crippen molar-refractivity contribution in [1.82, 2.24) is 9.55 Å². The number of rotatable bonds is 4. The maximum Gasteiger partial charge on any atom is 0.348 e. The molecule has 1 N–H and O–H groups in total. The Labute approximate surface area is 120 Å². The molecule has 0 aliphatic carbocycles. The van der Waals surface area contributed by atoms with Gasteiger partial charge in [0.05, 0.1) is 10.2 Å². The standard InChI is InChI=1S/C14H16BrN3O/c1-10-13(15)11(2)18(14(19)17-10)9-8-16-12-6-4-3-5-7-12/h3-7,16H,8-9H2,1-2H3. The molecule has 5 heteroatoms. The molecule has 0 fully saturated rings. The average molecular weight is 322 g/mol. The first-order valence-electron chi connectivity index (χ1n) is 6.12. The van der Waals surface area contributed by atoms with Gasteiger partial charge in [0.15, 0.2) is 0 Å². The maximum absolute atomic E-state index is 11.9. The van der Waals surface area contributed by atoms with Gasteiger partial charge in [0, 0.05) is 24.5 Å². The summed E-state index contributed by atoms with van der Waals surface area (Å²) in [7, 11) is 0. The Kier molecular flexibility index (Phi) is 4.37. The Balaban J connectivity index is 2.08. The molecule has 0 aliphatic rings. The number of para-hydroxylation sites is 1. The lowest BCUT2D eigenvalue weighted by Crippen LogP contribution is -2.29. The van der Waals surface area contributed by atoms with E-state index in [0.717, 1.165) is 21.5 Å². The minimum atomic E-state index is -0.201. The third-order valence-corrected chi connectivity index (χ3v) is 4.12. The van der Waals surface area contributed by atoms with Gasteiger partial charge >= 0.3 is 5.69 Å². The summed E-state index contributed by atoms with van der Waals surface area (Å²) in [5, 5.41) is 3.28. The number of anilines is 1. The first kappa shape index (κ1) is 13.8. The largest absolute Gasteiger partial charge is 0.383 e. The predicted molar refractivity (Wildman–Crippen MR) is 80.6 cm³/mol. The first-order chi connectivity index (χ1) is 9.09. The van der Waals surface area contributed by atoms with Crippen LogP contribution in [0, 0.1) is 13.8 Å². The molecule has 0 radical (unpaired) electrons. The van der Waals surface area contributed by atoms with Crippen molar-refractivity contribution in [3.8, 4) is 0 Å². The summed E-state index contributed by atoms with van der Waals surface area (Å²) in [5.74, 6) is 0. The van der Waals surface area contributed by atoms with Crippen molar-refractivity contribution < 1.29 is 0 Å². The van der Waals surface area contributed by atoms with Gasteiger partial charge in [-0.05, 0) is 41.9 Å². The fourth-order valence-corrected chi connectivity index (χ4v) is 2.21. The van der Waals surface area contributed by atoms with E-state index < -0.39 is 0 Å². The van der Waals surface area contributed by atoms with Crippen LogP contribution >= 0.6 is 15.9 Å². The summed E-state index contributed by atoms with van der Waals surface area (Å²) in [6, 6.07) is 9.92. The number of halogens is 1. The van der Waals surface area contributed by atoms with E-state index in [0.29, 0.717) is 13.1 Å². The molecule has 0 atom stereocenters. The van der Waals surface area contributed by atoms with E-state index in [2.05, 4.69) is 26.2 Å². The highest BCUT2D eigenvalue weighted by atomic mass is 79.9. The average Bonchev–Trinajstić information content (AvgIpc) is 2.41. The van der Waals surface area contributed by atoms with Crippen LogP contribution < -0.4 is 11.0 Å². The van der Waals surface area contributed by atoms with Gasteiger partial charge in [0.1, 0.15) is 0 Å². The lowest BCUT2D eigenvalue weighted by atomic mass is 10.3. The highest BCUT2D eigenvalue weighted by Gasteiger charge is 2.08. The fraction of sp³-hybridized carbons (Fsp3) is 0.286. The van der Waals surface area contributed by atoms with Gasteiger partial charge in [-0.25, -0.2) is 4.79 Å². The van der Waals surface area contributed by atoms with Gasteiger partial charge < -0.3 is 5.32 Å². The molecule has 0 unspecified atom stereocenters. The van der Waals surface area contributed by atoms with Gasteiger partial charge in [-0.2, -0.15) is 4.98 Å². The smallest absolute Gasteiger partial charge is 0.348 e. The third kappa shape index (κ3) is 3.23. The first-order valence-corrected chi connectivity index (χ1v) is 6.91. The van der Waals surface area contributed by atoms with Crippen molar-refractivity contribution in [1.29, 1.82) is 0 Å². The van der Waals surface area contributed by atoms with Gasteiger partial charge in [0.25, 0.3) is 0 Å². The summed E-state index contributed by atoms with van der Waals surface area (Å²) in [4.78, 5) is 15.9. The molecule has 2 rings (SSSR count). The number of hydrogen-bond acceptors (Lipinski definition) is 3.